The van der Waals surface area contributed by atoms with Gasteiger partial charge in [0.25, 0.3) is 0 Å². The number of hydrogen-bond acceptors (Lipinski definition) is 10. The van der Waals surface area contributed by atoms with Crippen LogP contribution in [0.5, 0.6) is 34.5 Å². The van der Waals surface area contributed by atoms with E-state index < -0.39 is 60.1 Å². The second-order valence-corrected chi connectivity index (χ2v) is 7.47. The van der Waals surface area contributed by atoms with Crippen LogP contribution in [0.4, 0.5) is 0 Å². The number of Topliss-reactive ketones (excluding diaryl/α,β-unsaturated/α-hetero) is 1. The number of rotatable bonds is 5. The van der Waals surface area contributed by atoms with Crippen molar-refractivity contribution in [2.24, 2.45) is 0 Å². The van der Waals surface area contributed by atoms with Crippen LogP contribution in [0.25, 0.3) is 0 Å². The molecule has 156 valence electrons. The summed E-state index contributed by atoms with van der Waals surface area (Å²) in [5.41, 5.74) is -0.520. The number of phosphoric acid groups is 1. The Morgan fingerprint density at radius 1 is 1.03 bits per heavy atom. The Morgan fingerprint density at radius 3 is 2.24 bits per heavy atom. The van der Waals surface area contributed by atoms with Crippen molar-refractivity contribution in [3.05, 3.63) is 35.4 Å². The molecule has 0 radical (unpaired) electrons. The van der Waals surface area contributed by atoms with Gasteiger partial charge in [0.05, 0.1) is 6.61 Å². The van der Waals surface area contributed by atoms with E-state index in [1.54, 1.807) is 0 Å². The van der Waals surface area contributed by atoms with Crippen LogP contribution >= 0.6 is 7.82 Å². The SMILES string of the molecule is CCOP(=O)(O)O[C@H]1C(=O)c2c(O)cc(O)cc2O[C@@H]1c1cc(O)c(O)c(O)c1. The van der Waals surface area contributed by atoms with Crippen molar-refractivity contribution in [1.82, 2.24) is 0 Å². The zero-order chi connectivity index (χ0) is 21.5. The molecule has 0 aliphatic carbocycles. The number of carbonyl (C=O) groups is 1. The number of carbonyl (C=O) groups excluding carboxylic acids is 1. The molecule has 3 atom stereocenters. The number of aromatic hydroxyl groups is 5. The number of benzene rings is 2. The number of fused-ring (bicyclic) bond motifs is 1. The van der Waals surface area contributed by atoms with Gasteiger partial charge in [0.15, 0.2) is 29.5 Å². The molecular weight excluding hydrogens is 411 g/mol. The minimum absolute atomic E-state index is 0.110. The van der Waals surface area contributed by atoms with Gasteiger partial charge in [-0.25, -0.2) is 4.57 Å². The maximum Gasteiger partial charge on any atom is 0.473 e. The lowest BCUT2D eigenvalue weighted by molar-refractivity contribution is 0.0140. The van der Waals surface area contributed by atoms with Gasteiger partial charge in [0, 0.05) is 17.7 Å². The lowest BCUT2D eigenvalue weighted by Gasteiger charge is -2.33. The highest BCUT2D eigenvalue weighted by Crippen LogP contribution is 2.51. The molecule has 3 rings (SSSR count). The first-order valence-electron chi connectivity index (χ1n) is 8.21. The molecule has 1 unspecified atom stereocenters. The molecule has 2 aromatic carbocycles. The van der Waals surface area contributed by atoms with E-state index in [9.17, 15) is 39.8 Å². The summed E-state index contributed by atoms with van der Waals surface area (Å²) < 4.78 is 27.3. The summed E-state index contributed by atoms with van der Waals surface area (Å²) in [5, 5.41) is 48.7. The molecule has 1 aliphatic heterocycles. The topological polar surface area (TPSA) is 183 Å². The van der Waals surface area contributed by atoms with Gasteiger partial charge in [-0.2, -0.15) is 0 Å². The lowest BCUT2D eigenvalue weighted by Crippen LogP contribution is -2.38. The predicted octanol–water partition coefficient (Wildman–Crippen LogP) is 2.05. The lowest BCUT2D eigenvalue weighted by atomic mass is 9.92. The molecule has 0 spiro atoms. The third kappa shape index (κ3) is 3.94. The molecule has 11 nitrogen and oxygen atoms in total. The van der Waals surface area contributed by atoms with Crippen molar-refractivity contribution in [1.29, 1.82) is 0 Å². The number of ether oxygens (including phenoxy) is 1. The quantitative estimate of drug-likeness (QED) is 0.303. The van der Waals surface area contributed by atoms with E-state index in [1.807, 2.05) is 0 Å². The average molecular weight is 428 g/mol. The summed E-state index contributed by atoms with van der Waals surface area (Å²) in [4.78, 5) is 22.8. The second-order valence-electron chi connectivity index (χ2n) is 6.06. The maximum atomic E-state index is 12.9. The third-order valence-electron chi connectivity index (χ3n) is 4.06. The normalized spacial score (nSPS) is 20.6. The van der Waals surface area contributed by atoms with Crippen molar-refractivity contribution in [3.63, 3.8) is 0 Å². The summed E-state index contributed by atoms with van der Waals surface area (Å²) in [6, 6.07) is 3.79. The summed E-state index contributed by atoms with van der Waals surface area (Å²) in [7, 11) is -4.73. The number of ketones is 1. The predicted molar refractivity (Wildman–Crippen MR) is 95.2 cm³/mol. The number of phosphoric ester groups is 1. The highest BCUT2D eigenvalue weighted by molar-refractivity contribution is 7.47. The van der Waals surface area contributed by atoms with E-state index in [4.69, 9.17) is 9.26 Å². The maximum absolute atomic E-state index is 12.9. The van der Waals surface area contributed by atoms with Crippen LogP contribution in [0.15, 0.2) is 24.3 Å². The van der Waals surface area contributed by atoms with Gasteiger partial charge in [0.2, 0.25) is 5.78 Å². The fourth-order valence-electron chi connectivity index (χ4n) is 2.88. The van der Waals surface area contributed by atoms with Crippen LogP contribution in [0.2, 0.25) is 0 Å². The molecule has 0 aromatic heterocycles. The van der Waals surface area contributed by atoms with E-state index in [-0.39, 0.29) is 17.9 Å². The zero-order valence-electron chi connectivity index (χ0n) is 14.8. The first kappa shape index (κ1) is 20.7. The molecule has 0 saturated heterocycles. The molecule has 0 saturated carbocycles. The van der Waals surface area contributed by atoms with E-state index in [0.29, 0.717) is 0 Å². The number of hydrogen-bond donors (Lipinski definition) is 6. The molecule has 1 aliphatic rings. The van der Waals surface area contributed by atoms with Crippen LogP contribution in [0.3, 0.4) is 0 Å². The minimum atomic E-state index is -4.73. The van der Waals surface area contributed by atoms with E-state index in [2.05, 4.69) is 4.52 Å². The van der Waals surface area contributed by atoms with Gasteiger partial charge in [-0.3, -0.25) is 13.8 Å². The Morgan fingerprint density at radius 2 is 1.66 bits per heavy atom. The van der Waals surface area contributed by atoms with E-state index in [1.165, 1.54) is 6.92 Å². The molecular formula is C17H17O11P. The molecule has 2 aromatic rings. The van der Waals surface area contributed by atoms with Gasteiger partial charge >= 0.3 is 7.82 Å². The highest BCUT2D eigenvalue weighted by atomic mass is 31.2. The first-order chi connectivity index (χ1) is 13.5. The second kappa shape index (κ2) is 7.45. The number of phenolic OH excluding ortho intramolecular Hbond substituents is 5. The Hall–Kier alpha value is -2.98. The molecule has 1 heterocycles. The Labute approximate surface area is 163 Å². The summed E-state index contributed by atoms with van der Waals surface area (Å²) >= 11 is 0. The first-order valence-corrected chi connectivity index (χ1v) is 9.71. The largest absolute Gasteiger partial charge is 0.508 e. The van der Waals surface area contributed by atoms with Crippen molar-refractivity contribution in [3.8, 4) is 34.5 Å². The Bertz CT molecular complexity index is 996. The Kier molecular flexibility index (Phi) is 5.33. The monoisotopic (exact) mass is 428 g/mol. The van der Waals surface area contributed by atoms with E-state index in [0.717, 1.165) is 24.3 Å². The summed E-state index contributed by atoms with van der Waals surface area (Å²) in [5.74, 6) is -4.66. The summed E-state index contributed by atoms with van der Waals surface area (Å²) in [6.45, 7) is 1.21. The molecule has 12 heteroatoms. The van der Waals surface area contributed by atoms with Crippen LogP contribution < -0.4 is 4.74 Å². The standard InChI is InChI=1S/C17H17O11P/c1-2-26-29(24,25)28-17-15(23)13-9(19)5-8(18)6-12(13)27-16(17)7-3-10(20)14(22)11(21)4-7/h3-6,16-22H,2H2,1H3,(H,24,25)/t16-,17+/m1/s1. The van der Waals surface area contributed by atoms with Gasteiger partial charge in [-0.1, -0.05) is 0 Å². The molecule has 29 heavy (non-hydrogen) atoms. The van der Waals surface area contributed by atoms with Crippen molar-refractivity contribution < 1.29 is 53.6 Å². The molecule has 6 N–H and O–H groups in total. The van der Waals surface area contributed by atoms with Gasteiger partial charge in [-0.15, -0.1) is 0 Å². The van der Waals surface area contributed by atoms with E-state index >= 15 is 0 Å². The van der Waals surface area contributed by atoms with Crippen LogP contribution in [-0.2, 0) is 13.6 Å². The highest BCUT2D eigenvalue weighted by Gasteiger charge is 2.45. The van der Waals surface area contributed by atoms with Crippen molar-refractivity contribution >= 4 is 13.6 Å². The van der Waals surface area contributed by atoms with Crippen LogP contribution in [-0.4, -0.2) is 48.9 Å². The fraction of sp³-hybridized carbons (Fsp3) is 0.235. The fourth-order valence-corrected chi connectivity index (χ4v) is 3.76. The average Bonchev–Trinajstić information content (AvgIpc) is 2.60. The Balaban J connectivity index is 2.15. The van der Waals surface area contributed by atoms with Crippen molar-refractivity contribution in [2.75, 3.05) is 6.61 Å². The summed E-state index contributed by atoms with van der Waals surface area (Å²) in [6.07, 6.45) is -3.36. The van der Waals surface area contributed by atoms with Crippen LogP contribution in [0, 0.1) is 0 Å². The van der Waals surface area contributed by atoms with Gasteiger partial charge in [-0.05, 0) is 19.1 Å². The van der Waals surface area contributed by atoms with Crippen molar-refractivity contribution in [2.45, 2.75) is 19.1 Å². The molecule has 0 amide bonds. The smallest absolute Gasteiger partial charge is 0.473 e. The minimum Gasteiger partial charge on any atom is -0.508 e. The zero-order valence-corrected chi connectivity index (χ0v) is 15.7. The van der Waals surface area contributed by atoms with Gasteiger partial charge in [0.1, 0.15) is 22.8 Å². The number of phenols is 5. The van der Waals surface area contributed by atoms with Crippen LogP contribution in [0.1, 0.15) is 28.9 Å². The third-order valence-corrected chi connectivity index (χ3v) is 5.14. The van der Waals surface area contributed by atoms with Gasteiger partial charge < -0.3 is 35.2 Å². The molecule has 0 fully saturated rings. The molecule has 0 bridgehead atoms.